The Morgan fingerprint density at radius 2 is 1.81 bits per heavy atom. The summed E-state index contributed by atoms with van der Waals surface area (Å²) in [6.45, 7) is 2.58. The average Bonchev–Trinajstić information content (AvgIpc) is 3.07. The maximum Gasteiger partial charge on any atom is 0.250 e. The number of hydrogen-bond acceptors (Lipinski definition) is 4. The fourth-order valence-corrected chi connectivity index (χ4v) is 4.08. The Labute approximate surface area is 161 Å². The molecule has 0 unspecified atom stereocenters. The average molecular weight is 376 g/mol. The fourth-order valence-electron chi connectivity index (χ4n) is 3.16. The Morgan fingerprint density at radius 1 is 1.00 bits per heavy atom. The van der Waals surface area contributed by atoms with Gasteiger partial charge in [0.1, 0.15) is 0 Å². The van der Waals surface area contributed by atoms with Gasteiger partial charge in [0.2, 0.25) is 0 Å². The standard InChI is InChI=1S/C21H20N4OS/c1-3-25-13-16(11-12-19(25)26)20-22-23-21(24(20)2)27-14-17-9-6-8-15-7-4-5-10-18(15)17/h4-13H,3,14H2,1-2H3. The first-order valence-corrected chi connectivity index (χ1v) is 9.85. The van der Waals surface area contributed by atoms with E-state index in [1.54, 1.807) is 28.5 Å². The number of rotatable bonds is 5. The number of thioether (sulfide) groups is 1. The second-order valence-electron chi connectivity index (χ2n) is 6.33. The topological polar surface area (TPSA) is 52.7 Å². The molecular weight excluding hydrogens is 356 g/mol. The third-order valence-corrected chi connectivity index (χ3v) is 5.72. The van der Waals surface area contributed by atoms with Gasteiger partial charge < -0.3 is 9.13 Å². The van der Waals surface area contributed by atoms with Crippen LogP contribution in [0.15, 0.2) is 70.7 Å². The van der Waals surface area contributed by atoms with Crippen LogP contribution in [0.25, 0.3) is 22.2 Å². The highest BCUT2D eigenvalue weighted by Gasteiger charge is 2.13. The van der Waals surface area contributed by atoms with Crippen LogP contribution in [0.2, 0.25) is 0 Å². The maximum atomic E-state index is 11.8. The minimum atomic E-state index is -0.00558. The minimum absolute atomic E-state index is 0.00558. The van der Waals surface area contributed by atoms with Crippen LogP contribution in [0.5, 0.6) is 0 Å². The van der Waals surface area contributed by atoms with E-state index in [-0.39, 0.29) is 5.56 Å². The molecule has 2 aromatic carbocycles. The largest absolute Gasteiger partial charge is 0.315 e. The molecule has 0 saturated heterocycles. The van der Waals surface area contributed by atoms with Gasteiger partial charge >= 0.3 is 0 Å². The number of benzene rings is 2. The van der Waals surface area contributed by atoms with Gasteiger partial charge in [-0.3, -0.25) is 4.79 Å². The third-order valence-electron chi connectivity index (χ3n) is 4.65. The molecule has 0 spiro atoms. The molecule has 0 N–H and O–H groups in total. The molecule has 0 aliphatic heterocycles. The number of nitrogens with zero attached hydrogens (tertiary/aromatic N) is 4. The molecule has 0 atom stereocenters. The van der Waals surface area contributed by atoms with Crippen molar-refractivity contribution in [3.05, 3.63) is 76.7 Å². The number of hydrogen-bond donors (Lipinski definition) is 0. The van der Waals surface area contributed by atoms with Gasteiger partial charge in [0, 0.05) is 37.2 Å². The van der Waals surface area contributed by atoms with E-state index in [0.29, 0.717) is 6.54 Å². The number of aryl methyl sites for hydroxylation is 1. The quantitative estimate of drug-likeness (QED) is 0.492. The van der Waals surface area contributed by atoms with Crippen LogP contribution in [-0.2, 0) is 19.3 Å². The molecule has 0 radical (unpaired) electrons. The monoisotopic (exact) mass is 376 g/mol. The van der Waals surface area contributed by atoms with Gasteiger partial charge in [-0.05, 0) is 29.3 Å². The van der Waals surface area contributed by atoms with Crippen LogP contribution in [0.1, 0.15) is 12.5 Å². The molecule has 0 aliphatic carbocycles. The van der Waals surface area contributed by atoms with E-state index in [1.807, 2.05) is 24.7 Å². The Bertz CT molecular complexity index is 1160. The number of pyridine rings is 1. The number of fused-ring (bicyclic) bond motifs is 1. The zero-order valence-corrected chi connectivity index (χ0v) is 16.1. The van der Waals surface area contributed by atoms with Crippen molar-refractivity contribution in [2.75, 3.05) is 0 Å². The molecule has 0 saturated carbocycles. The van der Waals surface area contributed by atoms with Crippen LogP contribution in [0.4, 0.5) is 0 Å². The van der Waals surface area contributed by atoms with Gasteiger partial charge in [-0.2, -0.15) is 0 Å². The Hall–Kier alpha value is -2.86. The van der Waals surface area contributed by atoms with E-state index in [4.69, 9.17) is 0 Å². The molecule has 4 rings (SSSR count). The molecule has 27 heavy (non-hydrogen) atoms. The van der Waals surface area contributed by atoms with Crippen LogP contribution in [0.3, 0.4) is 0 Å². The molecule has 0 aliphatic rings. The summed E-state index contributed by atoms with van der Waals surface area (Å²) in [5.74, 6) is 1.58. The molecule has 136 valence electrons. The van der Waals surface area contributed by atoms with Crippen LogP contribution in [0, 0.1) is 0 Å². The maximum absolute atomic E-state index is 11.8. The highest BCUT2D eigenvalue weighted by atomic mass is 32.2. The SMILES string of the molecule is CCn1cc(-c2nnc(SCc3cccc4ccccc34)n2C)ccc1=O. The van der Waals surface area contributed by atoms with E-state index in [9.17, 15) is 4.79 Å². The summed E-state index contributed by atoms with van der Waals surface area (Å²) in [5, 5.41) is 12.1. The van der Waals surface area contributed by atoms with Crippen molar-refractivity contribution < 1.29 is 0 Å². The summed E-state index contributed by atoms with van der Waals surface area (Å²) >= 11 is 1.66. The van der Waals surface area contributed by atoms with Crippen molar-refractivity contribution in [1.82, 2.24) is 19.3 Å². The highest BCUT2D eigenvalue weighted by Crippen LogP contribution is 2.28. The second-order valence-corrected chi connectivity index (χ2v) is 7.28. The van der Waals surface area contributed by atoms with E-state index < -0.39 is 0 Å². The minimum Gasteiger partial charge on any atom is -0.315 e. The Kier molecular flexibility index (Phi) is 4.81. The van der Waals surface area contributed by atoms with Crippen LogP contribution >= 0.6 is 11.8 Å². The summed E-state index contributed by atoms with van der Waals surface area (Å²) in [7, 11) is 1.96. The Balaban J connectivity index is 1.60. The second kappa shape index (κ2) is 7.40. The van der Waals surface area contributed by atoms with Crippen molar-refractivity contribution in [3.8, 4) is 11.4 Å². The van der Waals surface area contributed by atoms with Gasteiger partial charge in [-0.1, -0.05) is 54.2 Å². The molecule has 2 heterocycles. The highest BCUT2D eigenvalue weighted by molar-refractivity contribution is 7.98. The molecule has 0 amide bonds. The van der Waals surface area contributed by atoms with Gasteiger partial charge in [-0.25, -0.2) is 0 Å². The van der Waals surface area contributed by atoms with E-state index >= 15 is 0 Å². The van der Waals surface area contributed by atoms with Gasteiger partial charge in [0.05, 0.1) is 0 Å². The lowest BCUT2D eigenvalue weighted by molar-refractivity contribution is 0.725. The smallest absolute Gasteiger partial charge is 0.250 e. The lowest BCUT2D eigenvalue weighted by atomic mass is 10.1. The van der Waals surface area contributed by atoms with Crippen LogP contribution < -0.4 is 5.56 Å². The van der Waals surface area contributed by atoms with Gasteiger partial charge in [0.25, 0.3) is 5.56 Å². The van der Waals surface area contributed by atoms with Crippen molar-refractivity contribution in [3.63, 3.8) is 0 Å². The first-order valence-electron chi connectivity index (χ1n) is 8.87. The van der Waals surface area contributed by atoms with Crippen molar-refractivity contribution in [2.45, 2.75) is 24.4 Å². The molecule has 0 bridgehead atoms. The van der Waals surface area contributed by atoms with Crippen molar-refractivity contribution in [2.24, 2.45) is 7.05 Å². The molecule has 0 fully saturated rings. The lowest BCUT2D eigenvalue weighted by Gasteiger charge is -2.08. The molecule has 4 aromatic rings. The summed E-state index contributed by atoms with van der Waals surface area (Å²) in [6, 6.07) is 18.2. The molecule has 5 nitrogen and oxygen atoms in total. The first kappa shape index (κ1) is 17.5. The molecule has 6 heteroatoms. The summed E-state index contributed by atoms with van der Waals surface area (Å²) in [5.41, 5.74) is 2.17. The number of aromatic nitrogens is 4. The zero-order valence-electron chi connectivity index (χ0n) is 15.3. The lowest BCUT2D eigenvalue weighted by Crippen LogP contribution is -2.17. The van der Waals surface area contributed by atoms with Crippen molar-refractivity contribution in [1.29, 1.82) is 0 Å². The zero-order chi connectivity index (χ0) is 18.8. The molecular formula is C21H20N4OS. The summed E-state index contributed by atoms with van der Waals surface area (Å²) in [6.07, 6.45) is 1.84. The van der Waals surface area contributed by atoms with Gasteiger partial charge in [0.15, 0.2) is 11.0 Å². The summed E-state index contributed by atoms with van der Waals surface area (Å²) < 4.78 is 3.66. The van der Waals surface area contributed by atoms with Crippen molar-refractivity contribution >= 4 is 22.5 Å². The van der Waals surface area contributed by atoms with E-state index in [2.05, 4.69) is 52.7 Å². The predicted molar refractivity (Wildman–Crippen MR) is 110 cm³/mol. The fraction of sp³-hybridized carbons (Fsp3) is 0.190. The van der Waals surface area contributed by atoms with Gasteiger partial charge in [-0.15, -0.1) is 10.2 Å². The normalized spacial score (nSPS) is 11.2. The Morgan fingerprint density at radius 3 is 2.67 bits per heavy atom. The third kappa shape index (κ3) is 3.40. The van der Waals surface area contributed by atoms with E-state index in [1.165, 1.54) is 16.3 Å². The predicted octanol–water partition coefficient (Wildman–Crippen LogP) is 4.11. The van der Waals surface area contributed by atoms with Crippen LogP contribution in [-0.4, -0.2) is 19.3 Å². The molecule has 2 aromatic heterocycles. The first-order chi connectivity index (χ1) is 13.2. The van der Waals surface area contributed by atoms with E-state index in [0.717, 1.165) is 22.3 Å². The summed E-state index contributed by atoms with van der Waals surface area (Å²) in [4.78, 5) is 11.8.